The third-order valence-corrected chi connectivity index (χ3v) is 3.00. The van der Waals surface area contributed by atoms with Crippen LogP contribution in [-0.2, 0) is 0 Å². The van der Waals surface area contributed by atoms with Crippen LogP contribution >= 0.6 is 0 Å². The summed E-state index contributed by atoms with van der Waals surface area (Å²) in [6, 6.07) is 10.0. The quantitative estimate of drug-likeness (QED) is 0.746. The lowest BCUT2D eigenvalue weighted by atomic mass is 9.91. The molecule has 3 nitrogen and oxygen atoms in total. The zero-order valence-electron chi connectivity index (χ0n) is 8.73. The standard InChI is InChI=1S/C12H16N2O/c13-12(15)14-8-4-7-11(9-14)10-5-2-1-3-6-10/h1-3,5-6,11H,4,7-9H2,(H2,13,15)/t11-/m0/s1. The van der Waals surface area contributed by atoms with Crippen LogP contribution in [0.2, 0.25) is 0 Å². The number of benzene rings is 1. The summed E-state index contributed by atoms with van der Waals surface area (Å²) >= 11 is 0. The van der Waals surface area contributed by atoms with Crippen LogP contribution in [0.3, 0.4) is 0 Å². The second-order valence-corrected chi connectivity index (χ2v) is 4.03. The number of hydrogen-bond donors (Lipinski definition) is 1. The first-order valence-corrected chi connectivity index (χ1v) is 5.36. The van der Waals surface area contributed by atoms with Crippen molar-refractivity contribution in [1.29, 1.82) is 0 Å². The van der Waals surface area contributed by atoms with Crippen molar-refractivity contribution in [2.45, 2.75) is 18.8 Å². The van der Waals surface area contributed by atoms with E-state index in [0.717, 1.165) is 25.9 Å². The highest BCUT2D eigenvalue weighted by Crippen LogP contribution is 2.26. The number of nitrogens with two attached hydrogens (primary N) is 1. The SMILES string of the molecule is NC(=O)N1CCC[C@H](c2ccccc2)C1. The van der Waals surface area contributed by atoms with Crippen LogP contribution in [0.15, 0.2) is 30.3 Å². The van der Waals surface area contributed by atoms with Gasteiger partial charge in [0.2, 0.25) is 0 Å². The van der Waals surface area contributed by atoms with E-state index in [1.165, 1.54) is 5.56 Å². The number of hydrogen-bond acceptors (Lipinski definition) is 1. The van der Waals surface area contributed by atoms with Crippen LogP contribution in [0.1, 0.15) is 24.3 Å². The summed E-state index contributed by atoms with van der Waals surface area (Å²) in [6.45, 7) is 1.57. The first-order chi connectivity index (χ1) is 7.27. The van der Waals surface area contributed by atoms with Crippen molar-refractivity contribution in [3.05, 3.63) is 35.9 Å². The van der Waals surface area contributed by atoms with Gasteiger partial charge in [0.05, 0.1) is 0 Å². The Morgan fingerprint density at radius 1 is 1.33 bits per heavy atom. The topological polar surface area (TPSA) is 46.3 Å². The first-order valence-electron chi connectivity index (χ1n) is 5.36. The first kappa shape index (κ1) is 10.0. The van der Waals surface area contributed by atoms with Gasteiger partial charge in [0.25, 0.3) is 0 Å². The van der Waals surface area contributed by atoms with E-state index in [-0.39, 0.29) is 6.03 Å². The zero-order chi connectivity index (χ0) is 10.7. The maximum absolute atomic E-state index is 11.1. The van der Waals surface area contributed by atoms with Gasteiger partial charge in [-0.15, -0.1) is 0 Å². The molecule has 1 aromatic carbocycles. The van der Waals surface area contributed by atoms with Gasteiger partial charge in [-0.05, 0) is 18.4 Å². The molecule has 1 aromatic rings. The molecule has 3 heteroatoms. The van der Waals surface area contributed by atoms with Gasteiger partial charge in [0.15, 0.2) is 0 Å². The van der Waals surface area contributed by atoms with E-state index < -0.39 is 0 Å². The Bertz CT molecular complexity index is 337. The summed E-state index contributed by atoms with van der Waals surface area (Å²) in [4.78, 5) is 12.8. The highest BCUT2D eigenvalue weighted by Gasteiger charge is 2.22. The number of likely N-dealkylation sites (tertiary alicyclic amines) is 1. The number of carbonyl (C=O) groups excluding carboxylic acids is 1. The van der Waals surface area contributed by atoms with Crippen molar-refractivity contribution in [3.63, 3.8) is 0 Å². The van der Waals surface area contributed by atoms with Crippen LogP contribution in [0.4, 0.5) is 4.79 Å². The van der Waals surface area contributed by atoms with E-state index in [1.807, 2.05) is 18.2 Å². The van der Waals surface area contributed by atoms with Gasteiger partial charge in [0, 0.05) is 19.0 Å². The normalized spacial score (nSPS) is 21.3. The molecule has 0 aliphatic carbocycles. The maximum atomic E-state index is 11.1. The molecule has 2 N–H and O–H groups in total. The van der Waals surface area contributed by atoms with E-state index in [0.29, 0.717) is 5.92 Å². The molecule has 0 bridgehead atoms. The van der Waals surface area contributed by atoms with Crippen LogP contribution in [0, 0.1) is 0 Å². The molecule has 0 aromatic heterocycles. The largest absolute Gasteiger partial charge is 0.351 e. The van der Waals surface area contributed by atoms with Crippen molar-refractivity contribution in [3.8, 4) is 0 Å². The third-order valence-electron chi connectivity index (χ3n) is 3.00. The molecular weight excluding hydrogens is 188 g/mol. The predicted molar refractivity (Wildman–Crippen MR) is 59.6 cm³/mol. The smallest absolute Gasteiger partial charge is 0.314 e. The molecular formula is C12H16N2O. The summed E-state index contributed by atoms with van der Waals surface area (Å²) < 4.78 is 0. The molecule has 80 valence electrons. The zero-order valence-corrected chi connectivity index (χ0v) is 8.73. The Morgan fingerprint density at radius 2 is 2.07 bits per heavy atom. The number of urea groups is 1. The fraction of sp³-hybridized carbons (Fsp3) is 0.417. The fourth-order valence-electron chi connectivity index (χ4n) is 2.17. The lowest BCUT2D eigenvalue weighted by Crippen LogP contribution is -2.42. The molecule has 0 saturated carbocycles. The van der Waals surface area contributed by atoms with Crippen LogP contribution in [-0.4, -0.2) is 24.0 Å². The predicted octanol–water partition coefficient (Wildman–Crippen LogP) is 1.94. The summed E-state index contributed by atoms with van der Waals surface area (Å²) in [5.74, 6) is 0.451. The molecule has 2 rings (SSSR count). The molecule has 1 saturated heterocycles. The van der Waals surface area contributed by atoms with Crippen LogP contribution in [0.25, 0.3) is 0 Å². The third kappa shape index (κ3) is 2.29. The highest BCUT2D eigenvalue weighted by atomic mass is 16.2. The van der Waals surface area contributed by atoms with Gasteiger partial charge >= 0.3 is 6.03 Å². The number of primary amides is 1. The van der Waals surface area contributed by atoms with Gasteiger partial charge in [-0.3, -0.25) is 0 Å². The van der Waals surface area contributed by atoms with Crippen LogP contribution in [0.5, 0.6) is 0 Å². The van der Waals surface area contributed by atoms with Gasteiger partial charge in [-0.2, -0.15) is 0 Å². The molecule has 1 heterocycles. The Hall–Kier alpha value is -1.51. The number of piperidine rings is 1. The lowest BCUT2D eigenvalue weighted by Gasteiger charge is -2.31. The monoisotopic (exact) mass is 204 g/mol. The Labute approximate surface area is 89.9 Å². The van der Waals surface area contributed by atoms with E-state index in [9.17, 15) is 4.79 Å². The van der Waals surface area contributed by atoms with Crippen molar-refractivity contribution in [2.75, 3.05) is 13.1 Å². The van der Waals surface area contributed by atoms with Gasteiger partial charge < -0.3 is 10.6 Å². The second-order valence-electron chi connectivity index (χ2n) is 4.03. The number of nitrogens with zero attached hydrogens (tertiary/aromatic N) is 1. The van der Waals surface area contributed by atoms with Gasteiger partial charge in [-0.25, -0.2) is 4.79 Å². The molecule has 0 radical (unpaired) electrons. The fourth-order valence-corrected chi connectivity index (χ4v) is 2.17. The molecule has 0 unspecified atom stereocenters. The van der Waals surface area contributed by atoms with Crippen LogP contribution < -0.4 is 5.73 Å². The van der Waals surface area contributed by atoms with Crippen molar-refractivity contribution >= 4 is 6.03 Å². The number of amides is 2. The minimum Gasteiger partial charge on any atom is -0.351 e. The molecule has 15 heavy (non-hydrogen) atoms. The summed E-state index contributed by atoms with van der Waals surface area (Å²) in [5, 5.41) is 0. The number of carbonyl (C=O) groups is 1. The van der Waals surface area contributed by atoms with Crippen molar-refractivity contribution in [1.82, 2.24) is 4.90 Å². The number of rotatable bonds is 1. The van der Waals surface area contributed by atoms with Gasteiger partial charge in [-0.1, -0.05) is 30.3 Å². The Morgan fingerprint density at radius 3 is 2.73 bits per heavy atom. The molecule has 1 atom stereocenters. The average molecular weight is 204 g/mol. The molecule has 1 aliphatic heterocycles. The van der Waals surface area contributed by atoms with E-state index in [4.69, 9.17) is 5.73 Å². The highest BCUT2D eigenvalue weighted by molar-refractivity contribution is 5.72. The van der Waals surface area contributed by atoms with Crippen molar-refractivity contribution in [2.24, 2.45) is 5.73 Å². The summed E-state index contributed by atoms with van der Waals surface area (Å²) in [6.07, 6.45) is 2.19. The maximum Gasteiger partial charge on any atom is 0.314 e. The molecule has 1 aliphatic rings. The summed E-state index contributed by atoms with van der Waals surface area (Å²) in [7, 11) is 0. The van der Waals surface area contributed by atoms with E-state index >= 15 is 0 Å². The minimum atomic E-state index is -0.296. The second kappa shape index (κ2) is 4.34. The molecule has 2 amide bonds. The lowest BCUT2D eigenvalue weighted by molar-refractivity contribution is 0.189. The average Bonchev–Trinajstić information content (AvgIpc) is 2.30. The van der Waals surface area contributed by atoms with Gasteiger partial charge in [0.1, 0.15) is 0 Å². The van der Waals surface area contributed by atoms with E-state index in [1.54, 1.807) is 4.90 Å². The molecule has 1 fully saturated rings. The van der Waals surface area contributed by atoms with E-state index in [2.05, 4.69) is 12.1 Å². The van der Waals surface area contributed by atoms with Crippen molar-refractivity contribution < 1.29 is 4.79 Å². The Kier molecular flexibility index (Phi) is 2.90. The summed E-state index contributed by atoms with van der Waals surface area (Å²) in [5.41, 5.74) is 6.60. The Balaban J connectivity index is 2.08. The minimum absolute atomic E-state index is 0.296. The molecule has 0 spiro atoms.